The van der Waals surface area contributed by atoms with Gasteiger partial charge in [0.15, 0.2) is 8.07 Å². The number of benzene rings is 8. The second-order valence-corrected chi connectivity index (χ2v) is 20.0. The van der Waals surface area contributed by atoms with E-state index >= 15 is 0 Å². The summed E-state index contributed by atoms with van der Waals surface area (Å²) in [6.07, 6.45) is 10.3. The Morgan fingerprint density at radius 2 is 1.13 bits per heavy atom. The summed E-state index contributed by atoms with van der Waals surface area (Å²) in [7, 11) is -2.75. The number of hydrogen-bond acceptors (Lipinski definition) is 2. The van der Waals surface area contributed by atoms with E-state index in [0.717, 1.165) is 34.3 Å². The monoisotopic (exact) mass is 797 g/mol. The van der Waals surface area contributed by atoms with Crippen LogP contribution in [0, 0.1) is 5.92 Å². The molecule has 0 amide bonds. The number of allylic oxidation sites excluding steroid dienone is 4. The third-order valence-electron chi connectivity index (χ3n) is 12.5. The van der Waals surface area contributed by atoms with Crippen LogP contribution < -0.4 is 15.6 Å². The summed E-state index contributed by atoms with van der Waals surface area (Å²) in [5.74, 6) is 1.10. The maximum Gasteiger partial charge on any atom is 0.235 e. The number of hydrogen-bond donors (Lipinski definition) is 0. The highest BCUT2D eigenvalue weighted by Crippen LogP contribution is 2.42. The number of rotatable bonds is 8. The summed E-state index contributed by atoms with van der Waals surface area (Å²) >= 11 is 0. The molecule has 4 heteroatoms. The van der Waals surface area contributed by atoms with Crippen LogP contribution in [0.15, 0.2) is 230 Å². The zero-order chi connectivity index (χ0) is 40.8. The van der Waals surface area contributed by atoms with Gasteiger partial charge in [0.25, 0.3) is 0 Å². The van der Waals surface area contributed by atoms with Crippen LogP contribution in [-0.2, 0) is 0 Å². The van der Waals surface area contributed by atoms with Gasteiger partial charge < -0.3 is 0 Å². The average Bonchev–Trinajstić information content (AvgIpc) is 3.67. The molecule has 0 bridgehead atoms. The summed E-state index contributed by atoms with van der Waals surface area (Å²) in [4.78, 5) is 10.6. The van der Waals surface area contributed by atoms with Crippen LogP contribution >= 0.6 is 0 Å². The van der Waals surface area contributed by atoms with Gasteiger partial charge >= 0.3 is 0 Å². The maximum atomic E-state index is 5.50. The minimum Gasteiger partial charge on any atom is -0.278 e. The van der Waals surface area contributed by atoms with Crippen molar-refractivity contribution in [3.63, 3.8) is 0 Å². The lowest BCUT2D eigenvalue weighted by molar-refractivity contribution is 0.734. The molecule has 0 aliphatic heterocycles. The van der Waals surface area contributed by atoms with Gasteiger partial charge in [-0.2, -0.15) is 0 Å². The molecular formula is C57H43N3Si. The highest BCUT2D eigenvalue weighted by molar-refractivity contribution is 7.16. The Hall–Kier alpha value is -7.40. The molecule has 1 aliphatic rings. The van der Waals surface area contributed by atoms with E-state index in [4.69, 9.17) is 9.97 Å². The molecule has 2 heterocycles. The Balaban J connectivity index is 1.16. The van der Waals surface area contributed by atoms with E-state index < -0.39 is 8.07 Å². The molecule has 0 saturated heterocycles. The molecule has 0 N–H and O–H groups in total. The van der Waals surface area contributed by atoms with Crippen LogP contribution in [0.1, 0.15) is 13.3 Å². The molecule has 0 saturated carbocycles. The first kappa shape index (κ1) is 36.7. The Bertz CT molecular complexity index is 3240. The molecule has 11 rings (SSSR count). The van der Waals surface area contributed by atoms with E-state index in [2.05, 4.69) is 230 Å². The van der Waals surface area contributed by atoms with Gasteiger partial charge in [-0.15, -0.1) is 0 Å². The fourth-order valence-electron chi connectivity index (χ4n) is 9.75. The average molecular weight is 798 g/mol. The van der Waals surface area contributed by atoms with E-state index in [1.54, 1.807) is 0 Å². The van der Waals surface area contributed by atoms with Gasteiger partial charge in [0, 0.05) is 22.5 Å². The van der Waals surface area contributed by atoms with E-state index in [1.807, 2.05) is 6.20 Å². The largest absolute Gasteiger partial charge is 0.278 e. The Morgan fingerprint density at radius 3 is 1.84 bits per heavy atom. The quantitative estimate of drug-likeness (QED) is 0.113. The highest BCUT2D eigenvalue weighted by atomic mass is 28.3. The first-order chi connectivity index (χ1) is 30.2. The van der Waals surface area contributed by atoms with Crippen LogP contribution in [0.5, 0.6) is 0 Å². The van der Waals surface area contributed by atoms with Crippen molar-refractivity contribution >= 4 is 56.2 Å². The highest BCUT2D eigenvalue weighted by Gasteiger charge is 2.43. The van der Waals surface area contributed by atoms with Gasteiger partial charge in [-0.05, 0) is 84.3 Å². The zero-order valence-corrected chi connectivity index (χ0v) is 35.0. The Labute approximate surface area is 357 Å². The van der Waals surface area contributed by atoms with Crippen LogP contribution in [0.2, 0.25) is 0 Å². The van der Waals surface area contributed by atoms with Gasteiger partial charge in [0.05, 0.1) is 16.7 Å². The standard InChI is InChI=1S/C57H43N3Si/c1-40-18-16-28-47(36-40)61(45-24-10-4-11-25-45,46-26-12-5-13-27-46)48-29-17-23-44(37-48)53-34-35-58-57(59-53)60-54-38-43(41-19-6-2-7-20-41)32-33-51(54)56-50-31-15-14-30-49(50)52(39-55(56)60)42-21-8-3-9-22-42/h2-17,19-40H,18H2,1H3. The molecule has 0 fully saturated rings. The van der Waals surface area contributed by atoms with Crippen molar-refractivity contribution in [1.29, 1.82) is 0 Å². The lowest BCUT2D eigenvalue weighted by atomic mass is 9.94. The summed E-state index contributed by atoms with van der Waals surface area (Å²) < 4.78 is 2.29. The lowest BCUT2D eigenvalue weighted by Crippen LogP contribution is -2.68. The molecule has 0 radical (unpaired) electrons. The molecule has 290 valence electrons. The van der Waals surface area contributed by atoms with Crippen LogP contribution in [0.25, 0.3) is 72.0 Å². The normalized spacial score (nSPS) is 14.1. The number of aromatic nitrogens is 3. The molecular weight excluding hydrogens is 755 g/mol. The third-order valence-corrected chi connectivity index (χ3v) is 17.3. The molecule has 1 aliphatic carbocycles. The molecule has 8 aromatic carbocycles. The summed E-state index contributed by atoms with van der Waals surface area (Å²) in [5.41, 5.74) is 8.78. The van der Waals surface area contributed by atoms with Crippen molar-refractivity contribution in [2.75, 3.05) is 0 Å². The Morgan fingerprint density at radius 1 is 0.508 bits per heavy atom. The van der Waals surface area contributed by atoms with E-state index in [9.17, 15) is 0 Å². The smallest absolute Gasteiger partial charge is 0.235 e. The summed E-state index contributed by atoms with van der Waals surface area (Å²) in [5, 5.41) is 10.3. The second kappa shape index (κ2) is 15.3. The van der Waals surface area contributed by atoms with Crippen LogP contribution in [-0.4, -0.2) is 22.6 Å². The third kappa shape index (κ3) is 6.27. The first-order valence-corrected chi connectivity index (χ1v) is 23.2. The molecule has 10 aromatic rings. The van der Waals surface area contributed by atoms with Crippen molar-refractivity contribution in [1.82, 2.24) is 14.5 Å². The second-order valence-electron chi connectivity index (χ2n) is 16.2. The fourth-order valence-corrected chi connectivity index (χ4v) is 14.8. The predicted molar refractivity (Wildman–Crippen MR) is 259 cm³/mol. The van der Waals surface area contributed by atoms with Crippen LogP contribution in [0.4, 0.5) is 0 Å². The fraction of sp³-hybridized carbons (Fsp3) is 0.0526. The van der Waals surface area contributed by atoms with Crippen molar-refractivity contribution < 1.29 is 0 Å². The molecule has 1 atom stereocenters. The van der Waals surface area contributed by atoms with Crippen molar-refractivity contribution in [2.45, 2.75) is 13.3 Å². The van der Waals surface area contributed by atoms with Crippen LogP contribution in [0.3, 0.4) is 0 Å². The van der Waals surface area contributed by atoms with Gasteiger partial charge in [0.1, 0.15) is 0 Å². The van der Waals surface area contributed by atoms with Gasteiger partial charge in [-0.3, -0.25) is 4.57 Å². The number of fused-ring (bicyclic) bond motifs is 5. The molecule has 0 spiro atoms. The van der Waals surface area contributed by atoms with E-state index in [-0.39, 0.29) is 0 Å². The summed E-state index contributed by atoms with van der Waals surface area (Å²) in [6.45, 7) is 2.33. The van der Waals surface area contributed by atoms with Crippen molar-refractivity contribution in [3.8, 4) is 39.5 Å². The molecule has 61 heavy (non-hydrogen) atoms. The van der Waals surface area contributed by atoms with Gasteiger partial charge in [0.2, 0.25) is 5.95 Å². The first-order valence-electron chi connectivity index (χ1n) is 21.2. The van der Waals surface area contributed by atoms with Crippen molar-refractivity contribution in [2.24, 2.45) is 5.92 Å². The minimum atomic E-state index is -2.75. The number of nitrogens with zero attached hydrogens (tertiary/aromatic N) is 3. The van der Waals surface area contributed by atoms with E-state index in [0.29, 0.717) is 11.9 Å². The summed E-state index contributed by atoms with van der Waals surface area (Å²) in [6, 6.07) is 72.9. The van der Waals surface area contributed by atoms with Crippen molar-refractivity contribution in [3.05, 3.63) is 230 Å². The van der Waals surface area contributed by atoms with Gasteiger partial charge in [-0.1, -0.05) is 207 Å². The lowest BCUT2D eigenvalue weighted by Gasteiger charge is -2.37. The zero-order valence-electron chi connectivity index (χ0n) is 34.0. The Kier molecular flexibility index (Phi) is 9.21. The molecule has 1 unspecified atom stereocenters. The topological polar surface area (TPSA) is 30.7 Å². The van der Waals surface area contributed by atoms with E-state index in [1.165, 1.54) is 59.0 Å². The van der Waals surface area contributed by atoms with Gasteiger partial charge in [-0.25, -0.2) is 9.97 Å². The predicted octanol–water partition coefficient (Wildman–Crippen LogP) is 12.3. The SMILES string of the molecule is CC1C=C([Si](c2ccccc2)(c2ccccc2)c2cccc(-c3ccnc(-n4c5cc(-c6ccccc6)ccc5c5c6ccccc6c(-c6ccccc6)cc54)n3)c2)C=CC1. The maximum absolute atomic E-state index is 5.50. The molecule has 2 aromatic heterocycles. The minimum absolute atomic E-state index is 0.458. The molecule has 3 nitrogen and oxygen atoms in total.